The van der Waals surface area contributed by atoms with Gasteiger partial charge in [-0.15, -0.1) is 0 Å². The average Bonchev–Trinajstić information content (AvgIpc) is 3.14. The van der Waals surface area contributed by atoms with Gasteiger partial charge < -0.3 is 9.64 Å². The Bertz CT molecular complexity index is 689. The summed E-state index contributed by atoms with van der Waals surface area (Å²) in [5, 5.41) is 3.97. The van der Waals surface area contributed by atoms with Crippen LogP contribution in [0.15, 0.2) is 35.0 Å². The van der Waals surface area contributed by atoms with Gasteiger partial charge in [-0.2, -0.15) is 11.3 Å². The Morgan fingerprint density at radius 2 is 1.71 bits per heavy atom. The van der Waals surface area contributed by atoms with Crippen LogP contribution in [0.1, 0.15) is 47.4 Å². The number of esters is 1. The molecule has 1 amide bonds. The number of benzene rings is 1. The van der Waals surface area contributed by atoms with Crippen molar-refractivity contribution in [2.24, 2.45) is 0 Å². The first kappa shape index (κ1) is 18.2. The largest absolute Gasteiger partial charge is 0.465 e. The van der Waals surface area contributed by atoms with Crippen LogP contribution >= 0.6 is 11.3 Å². The van der Waals surface area contributed by atoms with Crippen LogP contribution in [0.25, 0.3) is 11.1 Å². The van der Waals surface area contributed by atoms with Crippen molar-refractivity contribution in [1.82, 2.24) is 4.90 Å². The van der Waals surface area contributed by atoms with E-state index in [2.05, 4.69) is 13.8 Å². The Labute approximate surface area is 147 Å². The van der Waals surface area contributed by atoms with Crippen LogP contribution in [0, 0.1) is 0 Å². The van der Waals surface area contributed by atoms with Gasteiger partial charge >= 0.3 is 5.97 Å². The SMILES string of the molecule is CCCN(CCC)C(=O)c1cc(C(=O)OC)cc(-c2ccsc2)c1. The highest BCUT2D eigenvalue weighted by Crippen LogP contribution is 2.26. The lowest BCUT2D eigenvalue weighted by molar-refractivity contribution is 0.0600. The highest BCUT2D eigenvalue weighted by Gasteiger charge is 2.18. The molecule has 1 aromatic carbocycles. The molecule has 5 heteroatoms. The monoisotopic (exact) mass is 345 g/mol. The van der Waals surface area contributed by atoms with E-state index in [4.69, 9.17) is 4.74 Å². The molecule has 2 aromatic rings. The van der Waals surface area contributed by atoms with Crippen LogP contribution in [0.5, 0.6) is 0 Å². The maximum absolute atomic E-state index is 12.9. The molecule has 128 valence electrons. The van der Waals surface area contributed by atoms with Crippen LogP contribution in [0.3, 0.4) is 0 Å². The van der Waals surface area contributed by atoms with Gasteiger partial charge in [-0.1, -0.05) is 13.8 Å². The van der Waals surface area contributed by atoms with E-state index in [-0.39, 0.29) is 5.91 Å². The lowest BCUT2D eigenvalue weighted by atomic mass is 10.0. The number of nitrogens with zero attached hydrogens (tertiary/aromatic N) is 1. The summed E-state index contributed by atoms with van der Waals surface area (Å²) in [6, 6.07) is 7.23. The van der Waals surface area contributed by atoms with Crippen molar-refractivity contribution in [3.05, 3.63) is 46.2 Å². The molecule has 0 unspecified atom stereocenters. The first-order valence-electron chi connectivity index (χ1n) is 8.16. The molecule has 0 aliphatic rings. The zero-order chi connectivity index (χ0) is 17.5. The van der Waals surface area contributed by atoms with E-state index >= 15 is 0 Å². The van der Waals surface area contributed by atoms with Crippen molar-refractivity contribution in [1.29, 1.82) is 0 Å². The van der Waals surface area contributed by atoms with Crippen LogP contribution in [-0.2, 0) is 4.74 Å². The van der Waals surface area contributed by atoms with Crippen molar-refractivity contribution in [2.75, 3.05) is 20.2 Å². The van der Waals surface area contributed by atoms with E-state index in [1.54, 1.807) is 23.5 Å². The van der Waals surface area contributed by atoms with Crippen LogP contribution in [-0.4, -0.2) is 37.0 Å². The minimum Gasteiger partial charge on any atom is -0.465 e. The zero-order valence-electron chi connectivity index (χ0n) is 14.4. The highest BCUT2D eigenvalue weighted by molar-refractivity contribution is 7.08. The molecule has 4 nitrogen and oxygen atoms in total. The molecule has 0 aliphatic heterocycles. The molecule has 1 heterocycles. The summed E-state index contributed by atoms with van der Waals surface area (Å²) in [5.74, 6) is -0.473. The Kier molecular flexibility index (Phi) is 6.55. The molecule has 0 atom stereocenters. The van der Waals surface area contributed by atoms with Crippen molar-refractivity contribution in [3.63, 3.8) is 0 Å². The third-order valence-electron chi connectivity index (χ3n) is 3.73. The number of methoxy groups -OCH3 is 1. The van der Waals surface area contributed by atoms with Crippen LogP contribution in [0.2, 0.25) is 0 Å². The smallest absolute Gasteiger partial charge is 0.337 e. The summed E-state index contributed by atoms with van der Waals surface area (Å²) < 4.78 is 4.84. The van der Waals surface area contributed by atoms with Crippen LogP contribution < -0.4 is 0 Å². The lowest BCUT2D eigenvalue weighted by Gasteiger charge is -2.22. The fourth-order valence-corrected chi connectivity index (χ4v) is 3.28. The summed E-state index contributed by atoms with van der Waals surface area (Å²) in [4.78, 5) is 26.7. The highest BCUT2D eigenvalue weighted by atomic mass is 32.1. The topological polar surface area (TPSA) is 46.6 Å². The van der Waals surface area contributed by atoms with Gasteiger partial charge in [0.05, 0.1) is 12.7 Å². The zero-order valence-corrected chi connectivity index (χ0v) is 15.2. The summed E-state index contributed by atoms with van der Waals surface area (Å²) in [7, 11) is 1.35. The number of hydrogen-bond acceptors (Lipinski definition) is 4. The minimum absolute atomic E-state index is 0.0408. The molecule has 0 aliphatic carbocycles. The fraction of sp³-hybridized carbons (Fsp3) is 0.368. The van der Waals surface area contributed by atoms with Crippen LogP contribution in [0.4, 0.5) is 0 Å². The summed E-state index contributed by atoms with van der Waals surface area (Å²) in [6.45, 7) is 5.53. The molecule has 0 saturated carbocycles. The molecule has 0 N–H and O–H groups in total. The van der Waals surface area contributed by atoms with Gasteiger partial charge in [-0.3, -0.25) is 4.79 Å². The standard InChI is InChI=1S/C19H23NO3S/c1-4-7-20(8-5-2)18(21)16-10-15(14-6-9-24-13-14)11-17(12-16)19(22)23-3/h6,9-13H,4-5,7-8H2,1-3H3. The third-order valence-corrected chi connectivity index (χ3v) is 4.41. The molecular formula is C19H23NO3S. The summed E-state index contributed by atoms with van der Waals surface area (Å²) in [6.07, 6.45) is 1.81. The number of hydrogen-bond donors (Lipinski definition) is 0. The summed E-state index contributed by atoms with van der Waals surface area (Å²) >= 11 is 1.58. The number of thiophene rings is 1. The van der Waals surface area contributed by atoms with Gasteiger partial charge in [-0.05, 0) is 59.0 Å². The van der Waals surface area contributed by atoms with E-state index < -0.39 is 5.97 Å². The number of carbonyl (C=O) groups is 2. The van der Waals surface area contributed by atoms with Gasteiger partial charge in [0.2, 0.25) is 0 Å². The van der Waals surface area contributed by atoms with E-state index in [9.17, 15) is 9.59 Å². The van der Waals surface area contributed by atoms with E-state index in [0.717, 1.165) is 24.0 Å². The molecule has 2 rings (SSSR count). The third kappa shape index (κ3) is 4.23. The van der Waals surface area contributed by atoms with Gasteiger partial charge in [0.1, 0.15) is 0 Å². The number of carbonyl (C=O) groups excluding carboxylic acids is 2. The fourth-order valence-electron chi connectivity index (χ4n) is 2.62. The maximum atomic E-state index is 12.9. The maximum Gasteiger partial charge on any atom is 0.337 e. The average molecular weight is 345 g/mol. The second kappa shape index (κ2) is 8.64. The van der Waals surface area contributed by atoms with Crippen molar-refractivity contribution in [3.8, 4) is 11.1 Å². The lowest BCUT2D eigenvalue weighted by Crippen LogP contribution is -2.32. The first-order chi connectivity index (χ1) is 11.6. The van der Waals surface area contributed by atoms with Crippen molar-refractivity contribution in [2.45, 2.75) is 26.7 Å². The van der Waals surface area contributed by atoms with E-state index in [0.29, 0.717) is 24.2 Å². The number of rotatable bonds is 7. The molecule has 1 aromatic heterocycles. The number of ether oxygens (including phenoxy) is 1. The molecule has 0 radical (unpaired) electrons. The molecule has 24 heavy (non-hydrogen) atoms. The Balaban J connectivity index is 2.46. The predicted octanol–water partition coefficient (Wildman–Crippen LogP) is 4.46. The molecule has 0 fully saturated rings. The minimum atomic E-state index is -0.432. The van der Waals surface area contributed by atoms with E-state index in [1.807, 2.05) is 27.8 Å². The van der Waals surface area contributed by atoms with Gasteiger partial charge in [-0.25, -0.2) is 4.79 Å². The first-order valence-corrected chi connectivity index (χ1v) is 9.10. The van der Waals surface area contributed by atoms with Crippen molar-refractivity contribution < 1.29 is 14.3 Å². The second-order valence-electron chi connectivity index (χ2n) is 5.59. The van der Waals surface area contributed by atoms with Gasteiger partial charge in [0.25, 0.3) is 5.91 Å². The number of amides is 1. The molecule has 0 bridgehead atoms. The molecule has 0 saturated heterocycles. The Hall–Kier alpha value is -2.14. The van der Waals surface area contributed by atoms with Gasteiger partial charge in [0, 0.05) is 18.7 Å². The van der Waals surface area contributed by atoms with Gasteiger partial charge in [0.15, 0.2) is 0 Å². The Morgan fingerprint density at radius 3 is 2.25 bits per heavy atom. The second-order valence-corrected chi connectivity index (χ2v) is 6.37. The molecule has 0 spiro atoms. The Morgan fingerprint density at radius 1 is 1.04 bits per heavy atom. The van der Waals surface area contributed by atoms with E-state index in [1.165, 1.54) is 7.11 Å². The quantitative estimate of drug-likeness (QED) is 0.696. The van der Waals surface area contributed by atoms with Crippen molar-refractivity contribution >= 4 is 23.2 Å². The predicted molar refractivity (Wildman–Crippen MR) is 97.6 cm³/mol. The normalized spacial score (nSPS) is 10.5. The molecular weight excluding hydrogens is 322 g/mol. The summed E-state index contributed by atoms with van der Waals surface area (Å²) in [5.41, 5.74) is 2.78.